The molecule has 15 heteroatoms. The molecule has 0 unspecified atom stereocenters. The summed E-state index contributed by atoms with van der Waals surface area (Å²) in [5, 5.41) is 20.2. The Bertz CT molecular complexity index is 1990. The van der Waals surface area contributed by atoms with E-state index in [0.717, 1.165) is 5.56 Å². The molecule has 0 aliphatic carbocycles. The highest BCUT2D eigenvalue weighted by Crippen LogP contribution is 2.32. The van der Waals surface area contributed by atoms with E-state index >= 15 is 0 Å². The van der Waals surface area contributed by atoms with E-state index in [1.165, 1.54) is 30.3 Å². The molecule has 0 spiro atoms. The first kappa shape index (κ1) is 31.1. The number of amides is 3. The fourth-order valence-corrected chi connectivity index (χ4v) is 5.34. The van der Waals surface area contributed by atoms with Crippen LogP contribution in [0.1, 0.15) is 35.0 Å². The lowest BCUT2D eigenvalue weighted by Crippen LogP contribution is -2.29. The SMILES string of the molecule is COC(=O)Nc1ccc2c(c1)NC(=O)CCc1cc(ccc1F)C[C@H](NC(=O)C=Cc1cc(Cl)ccc1-n1cnnn1)c1ncc-2[nH]1. The van der Waals surface area contributed by atoms with Crippen LogP contribution in [0.25, 0.3) is 23.0 Å². The van der Waals surface area contributed by atoms with Gasteiger partial charge in [-0.05, 0) is 82.9 Å². The Morgan fingerprint density at radius 1 is 1.13 bits per heavy atom. The van der Waals surface area contributed by atoms with Crippen molar-refractivity contribution in [3.63, 3.8) is 0 Å². The lowest BCUT2D eigenvalue weighted by molar-refractivity contribution is -0.117. The lowest BCUT2D eigenvalue weighted by Gasteiger charge is -2.18. The number of methoxy groups -OCH3 is 1. The van der Waals surface area contributed by atoms with Crippen molar-refractivity contribution in [2.75, 3.05) is 17.7 Å². The van der Waals surface area contributed by atoms with Gasteiger partial charge in [-0.25, -0.2) is 14.2 Å². The average molecular weight is 656 g/mol. The lowest BCUT2D eigenvalue weighted by atomic mass is 9.99. The second-order valence-electron chi connectivity index (χ2n) is 10.6. The summed E-state index contributed by atoms with van der Waals surface area (Å²) in [5.41, 5.74) is 4.22. The molecule has 6 rings (SSSR count). The first-order valence-corrected chi connectivity index (χ1v) is 14.8. The Kier molecular flexibility index (Phi) is 9.02. The summed E-state index contributed by atoms with van der Waals surface area (Å²) in [4.78, 5) is 46.0. The number of hydrogen-bond acceptors (Lipinski definition) is 8. The van der Waals surface area contributed by atoms with Gasteiger partial charge in [0.25, 0.3) is 0 Å². The van der Waals surface area contributed by atoms with Gasteiger partial charge in [-0.15, -0.1) is 5.10 Å². The molecule has 0 saturated carbocycles. The number of hydrogen-bond donors (Lipinski definition) is 4. The van der Waals surface area contributed by atoms with Gasteiger partial charge < -0.3 is 20.4 Å². The average Bonchev–Trinajstić information content (AvgIpc) is 3.77. The second-order valence-corrected chi connectivity index (χ2v) is 11.0. The number of carbonyl (C=O) groups excluding carboxylic acids is 3. The number of aryl methyl sites for hydroxylation is 1. The van der Waals surface area contributed by atoms with Crippen LogP contribution < -0.4 is 16.0 Å². The summed E-state index contributed by atoms with van der Waals surface area (Å²) < 4.78 is 20.9. The molecule has 238 valence electrons. The van der Waals surface area contributed by atoms with Crippen LogP contribution in [0, 0.1) is 5.82 Å². The Morgan fingerprint density at radius 3 is 2.81 bits per heavy atom. The van der Waals surface area contributed by atoms with Gasteiger partial charge in [0, 0.05) is 34.3 Å². The zero-order valence-corrected chi connectivity index (χ0v) is 25.6. The third-order valence-corrected chi connectivity index (χ3v) is 7.66. The molecule has 5 aromatic rings. The number of ether oxygens (including phenoxy) is 1. The number of nitrogens with zero attached hydrogens (tertiary/aromatic N) is 5. The number of rotatable bonds is 5. The molecule has 0 radical (unpaired) electrons. The first-order chi connectivity index (χ1) is 22.7. The zero-order chi connectivity index (χ0) is 32.9. The van der Waals surface area contributed by atoms with E-state index in [1.807, 2.05) is 0 Å². The van der Waals surface area contributed by atoms with E-state index in [4.69, 9.17) is 11.6 Å². The zero-order valence-electron chi connectivity index (χ0n) is 24.8. The molecule has 1 aliphatic heterocycles. The number of nitrogens with one attached hydrogen (secondary N) is 4. The van der Waals surface area contributed by atoms with Crippen LogP contribution in [-0.4, -0.2) is 55.2 Å². The van der Waals surface area contributed by atoms with E-state index in [9.17, 15) is 18.8 Å². The molecule has 3 amide bonds. The van der Waals surface area contributed by atoms with Crippen LogP contribution in [0.15, 0.2) is 73.2 Å². The van der Waals surface area contributed by atoms with Gasteiger partial charge >= 0.3 is 6.09 Å². The van der Waals surface area contributed by atoms with Gasteiger partial charge in [0.1, 0.15) is 18.0 Å². The molecule has 1 atom stereocenters. The Balaban J connectivity index is 1.34. The van der Waals surface area contributed by atoms with Crippen molar-refractivity contribution in [1.82, 2.24) is 35.5 Å². The molecule has 0 fully saturated rings. The summed E-state index contributed by atoms with van der Waals surface area (Å²) in [6.45, 7) is 0. The minimum atomic E-state index is -0.675. The maximum Gasteiger partial charge on any atom is 0.411 e. The van der Waals surface area contributed by atoms with Crippen molar-refractivity contribution in [2.24, 2.45) is 0 Å². The number of anilines is 2. The van der Waals surface area contributed by atoms with E-state index in [1.54, 1.807) is 60.8 Å². The number of tetrazole rings is 1. The van der Waals surface area contributed by atoms with Gasteiger partial charge in [-0.2, -0.15) is 4.68 Å². The summed E-state index contributed by atoms with van der Waals surface area (Å²) in [6.07, 6.45) is 5.73. The third kappa shape index (κ3) is 7.34. The van der Waals surface area contributed by atoms with Gasteiger partial charge in [0.15, 0.2) is 0 Å². The fraction of sp³-hybridized carbons (Fsp3) is 0.156. The van der Waals surface area contributed by atoms with Crippen molar-refractivity contribution in [1.29, 1.82) is 0 Å². The van der Waals surface area contributed by atoms with Gasteiger partial charge in [-0.1, -0.05) is 23.7 Å². The number of aromatic amines is 1. The standard InChI is InChI=1S/C32H27ClFN9O4/c1-47-32(46)37-22-6-7-23-25(15-22)38-29(44)10-3-19-12-18(2-8-24(19)34)13-26(31-35-16-27(23)40-31)39-30(45)11-4-20-14-21(33)5-9-28(20)43-17-36-41-42-43/h2,4-9,11-12,14-17,26H,3,10,13H2,1H3,(H,35,40)(H,37,46)(H,38,44)(H,39,45)/t26-/m0/s1. The van der Waals surface area contributed by atoms with E-state index in [-0.39, 0.29) is 25.2 Å². The van der Waals surface area contributed by atoms with E-state index in [2.05, 4.69) is 46.2 Å². The number of fused-ring (bicyclic) bond motifs is 6. The van der Waals surface area contributed by atoms with Crippen LogP contribution in [0.4, 0.5) is 20.6 Å². The number of aromatic nitrogens is 6. The van der Waals surface area contributed by atoms with Crippen molar-refractivity contribution in [3.05, 3.63) is 107 Å². The first-order valence-electron chi connectivity index (χ1n) is 14.4. The molecule has 47 heavy (non-hydrogen) atoms. The molecular weight excluding hydrogens is 629 g/mol. The maximum absolute atomic E-state index is 14.8. The molecule has 0 saturated heterocycles. The Morgan fingerprint density at radius 2 is 2.00 bits per heavy atom. The maximum atomic E-state index is 14.8. The third-order valence-electron chi connectivity index (χ3n) is 7.43. The second kappa shape index (κ2) is 13.6. The molecule has 4 N–H and O–H groups in total. The van der Waals surface area contributed by atoms with Crippen molar-refractivity contribution in [2.45, 2.75) is 25.3 Å². The van der Waals surface area contributed by atoms with Crippen LogP contribution in [0.3, 0.4) is 0 Å². The minimum absolute atomic E-state index is 0.00377. The molecule has 2 aromatic heterocycles. The number of imidazole rings is 1. The summed E-state index contributed by atoms with van der Waals surface area (Å²) in [6, 6.07) is 14.1. The smallest absolute Gasteiger partial charge is 0.411 e. The Hall–Kier alpha value is -5.89. The predicted molar refractivity (Wildman–Crippen MR) is 171 cm³/mol. The Labute approximate surface area is 272 Å². The van der Waals surface area contributed by atoms with Crippen molar-refractivity contribution < 1.29 is 23.5 Å². The van der Waals surface area contributed by atoms with Gasteiger partial charge in [0.05, 0.1) is 36.4 Å². The van der Waals surface area contributed by atoms with Crippen LogP contribution in [-0.2, 0) is 27.2 Å². The predicted octanol–water partition coefficient (Wildman–Crippen LogP) is 5.02. The fourth-order valence-electron chi connectivity index (χ4n) is 5.16. The molecule has 13 nitrogen and oxygen atoms in total. The number of carbonyl (C=O) groups is 3. The van der Waals surface area contributed by atoms with Crippen molar-refractivity contribution in [3.8, 4) is 16.9 Å². The highest BCUT2D eigenvalue weighted by Gasteiger charge is 2.22. The number of H-pyrrole nitrogens is 1. The van der Waals surface area contributed by atoms with E-state index < -0.39 is 23.9 Å². The van der Waals surface area contributed by atoms with Crippen LogP contribution in [0.5, 0.6) is 0 Å². The highest BCUT2D eigenvalue weighted by atomic mass is 35.5. The van der Waals surface area contributed by atoms with Crippen LogP contribution >= 0.6 is 11.6 Å². The summed E-state index contributed by atoms with van der Waals surface area (Å²) in [7, 11) is 1.24. The molecule has 3 aromatic carbocycles. The summed E-state index contributed by atoms with van der Waals surface area (Å²) in [5.74, 6) is -0.786. The van der Waals surface area contributed by atoms with Crippen molar-refractivity contribution >= 4 is 47.0 Å². The molecular formula is C32H27ClFN9O4. The monoisotopic (exact) mass is 655 g/mol. The minimum Gasteiger partial charge on any atom is -0.453 e. The normalized spacial score (nSPS) is 14.5. The number of benzene rings is 3. The molecule has 1 aliphatic rings. The quantitative estimate of drug-likeness (QED) is 0.191. The van der Waals surface area contributed by atoms with Gasteiger partial charge in [0.2, 0.25) is 11.8 Å². The topological polar surface area (TPSA) is 169 Å². The van der Waals surface area contributed by atoms with E-state index in [0.29, 0.717) is 50.3 Å². The molecule has 4 bridgehead atoms. The summed E-state index contributed by atoms with van der Waals surface area (Å²) >= 11 is 6.23. The van der Waals surface area contributed by atoms with Gasteiger partial charge in [-0.3, -0.25) is 14.9 Å². The number of halogens is 2. The van der Waals surface area contributed by atoms with Crippen LogP contribution in [0.2, 0.25) is 5.02 Å². The molecule has 3 heterocycles. The largest absolute Gasteiger partial charge is 0.453 e. The highest BCUT2D eigenvalue weighted by molar-refractivity contribution is 6.30.